The third-order valence-corrected chi connectivity index (χ3v) is 9.17. The number of ketones is 1. The van der Waals surface area contributed by atoms with Crippen LogP contribution in [0.25, 0.3) is 11.3 Å². The minimum atomic E-state index is -3.34. The Kier molecular flexibility index (Phi) is 9.45. The first-order valence-corrected chi connectivity index (χ1v) is 15.0. The second-order valence-electron chi connectivity index (χ2n) is 10.4. The summed E-state index contributed by atoms with van der Waals surface area (Å²) < 4.78 is 79.1. The second kappa shape index (κ2) is 12.7. The highest BCUT2D eigenvalue weighted by atomic mass is 32.2. The average Bonchev–Trinajstić information content (AvgIpc) is 2.88. The minimum Gasteiger partial charge on any atom is -0.491 e. The van der Waals surface area contributed by atoms with Crippen LogP contribution >= 0.6 is 0 Å². The molecule has 0 aliphatic heterocycles. The average molecular weight is 592 g/mol. The number of benzene rings is 1. The molecule has 3 aromatic rings. The number of nitrogens with zero attached hydrogens (tertiary/aromatic N) is 2. The number of carbonyl (C=O) groups excluding carboxylic acids is 1. The number of hydrogen-bond donors (Lipinski definition) is 1. The molecule has 1 fully saturated rings. The van der Waals surface area contributed by atoms with Gasteiger partial charge in [-0.05, 0) is 54.0 Å². The first kappa shape index (κ1) is 30.6. The molecule has 2 heterocycles. The van der Waals surface area contributed by atoms with Crippen molar-refractivity contribution in [2.24, 2.45) is 11.7 Å². The van der Waals surface area contributed by atoms with Gasteiger partial charge in [0.15, 0.2) is 15.6 Å². The minimum absolute atomic E-state index is 0.0612. The summed E-state index contributed by atoms with van der Waals surface area (Å²) in [5, 5.41) is -0.653. The molecule has 1 saturated carbocycles. The lowest BCUT2D eigenvalue weighted by molar-refractivity contribution is 0.0987. The molecule has 0 bridgehead atoms. The van der Waals surface area contributed by atoms with Gasteiger partial charge >= 0.3 is 0 Å². The lowest BCUT2D eigenvalue weighted by atomic mass is 9.75. The van der Waals surface area contributed by atoms with Crippen molar-refractivity contribution in [1.29, 1.82) is 0 Å². The fourth-order valence-corrected chi connectivity index (χ4v) is 7.38. The summed E-state index contributed by atoms with van der Waals surface area (Å²) in [6, 6.07) is 5.13. The van der Waals surface area contributed by atoms with E-state index in [0.29, 0.717) is 18.4 Å². The van der Waals surface area contributed by atoms with E-state index in [1.165, 1.54) is 19.6 Å². The number of methoxy groups -OCH3 is 1. The van der Waals surface area contributed by atoms with E-state index in [1.807, 2.05) is 6.92 Å². The molecule has 220 valence electrons. The Morgan fingerprint density at radius 1 is 1.07 bits per heavy atom. The fraction of sp³-hybridized carbons (Fsp3) is 0.414. The molecule has 1 aliphatic rings. The maximum absolute atomic E-state index is 14.9. The highest BCUT2D eigenvalue weighted by Crippen LogP contribution is 2.39. The van der Waals surface area contributed by atoms with Crippen molar-refractivity contribution in [2.75, 3.05) is 26.6 Å². The first-order valence-electron chi connectivity index (χ1n) is 13.1. The number of pyridine rings is 2. The van der Waals surface area contributed by atoms with Crippen LogP contribution in [0.4, 0.5) is 13.2 Å². The Morgan fingerprint density at radius 3 is 2.41 bits per heavy atom. The van der Waals surface area contributed by atoms with Gasteiger partial charge in [-0.3, -0.25) is 9.78 Å². The van der Waals surface area contributed by atoms with Gasteiger partial charge in [-0.15, -0.1) is 0 Å². The van der Waals surface area contributed by atoms with Crippen LogP contribution in [0.2, 0.25) is 0 Å². The quantitative estimate of drug-likeness (QED) is 0.274. The summed E-state index contributed by atoms with van der Waals surface area (Å²) >= 11 is 0. The smallest absolute Gasteiger partial charge is 0.185 e. The summed E-state index contributed by atoms with van der Waals surface area (Å²) in [5.41, 5.74) is 6.15. The van der Waals surface area contributed by atoms with Crippen molar-refractivity contribution in [2.45, 2.75) is 43.4 Å². The largest absolute Gasteiger partial charge is 0.491 e. The number of carbonyl (C=O) groups is 1. The molecule has 8 nitrogen and oxygen atoms in total. The molecule has 0 spiro atoms. The van der Waals surface area contributed by atoms with Crippen LogP contribution in [0.5, 0.6) is 5.75 Å². The van der Waals surface area contributed by atoms with Gasteiger partial charge < -0.3 is 15.2 Å². The highest BCUT2D eigenvalue weighted by Gasteiger charge is 2.40. The van der Waals surface area contributed by atoms with Crippen molar-refractivity contribution in [3.63, 3.8) is 0 Å². The molecule has 4 atom stereocenters. The number of sulfone groups is 1. The van der Waals surface area contributed by atoms with E-state index in [-0.39, 0.29) is 42.9 Å². The van der Waals surface area contributed by atoms with E-state index in [4.69, 9.17) is 15.2 Å². The van der Waals surface area contributed by atoms with Gasteiger partial charge in [0.05, 0.1) is 17.4 Å². The zero-order valence-corrected chi connectivity index (χ0v) is 23.8. The molecule has 0 saturated heterocycles. The number of Topliss-reactive ketones (excluding diaryl/α,β-unsaturated/α-hetero) is 1. The third-order valence-electron chi connectivity index (χ3n) is 7.36. The van der Waals surface area contributed by atoms with E-state index < -0.39 is 55.6 Å². The van der Waals surface area contributed by atoms with Gasteiger partial charge in [0, 0.05) is 50.4 Å². The topological polar surface area (TPSA) is 121 Å². The van der Waals surface area contributed by atoms with E-state index in [1.54, 1.807) is 12.3 Å². The van der Waals surface area contributed by atoms with E-state index >= 15 is 0 Å². The van der Waals surface area contributed by atoms with Crippen LogP contribution in [0, 0.1) is 23.4 Å². The van der Waals surface area contributed by atoms with Crippen LogP contribution in [-0.4, -0.2) is 62.0 Å². The summed E-state index contributed by atoms with van der Waals surface area (Å²) in [6.45, 7) is 2.12. The monoisotopic (exact) mass is 591 g/mol. The van der Waals surface area contributed by atoms with Crippen molar-refractivity contribution in [3.8, 4) is 17.0 Å². The predicted molar refractivity (Wildman–Crippen MR) is 147 cm³/mol. The SMILES string of the molecule is COCCOc1cc(F)c(-c2nc(C(=O)Cc3cnccc3[C@H]3C[C@@H](N)[C@@H](S(C)(=O)=O)[C@@H](C)C3)ccc2F)c(F)c1. The van der Waals surface area contributed by atoms with Crippen LogP contribution < -0.4 is 10.5 Å². The maximum atomic E-state index is 14.9. The zero-order chi connectivity index (χ0) is 29.9. The normalized spacial score (nSPS) is 21.0. The predicted octanol–water partition coefficient (Wildman–Crippen LogP) is 4.27. The molecular formula is C29H32F3N3O5S. The molecule has 2 N–H and O–H groups in total. The van der Waals surface area contributed by atoms with E-state index in [0.717, 1.165) is 29.8 Å². The van der Waals surface area contributed by atoms with Crippen molar-refractivity contribution >= 4 is 15.6 Å². The number of ether oxygens (including phenoxy) is 2. The Bertz CT molecular complexity index is 1500. The number of rotatable bonds is 10. The standard InChI is InChI=1S/C29H32F3N3O5S/c1-16-10-17(11-24(33)29(16)41(3,37)38)20-6-7-34-15-18(20)12-26(36)25-5-4-21(30)28(35-25)27-22(31)13-19(14-23(27)32)40-9-8-39-2/h4-7,13-17,24,29H,8-12,33H2,1-3H3/t16-,17+,24+,29-/m0/s1. The van der Waals surface area contributed by atoms with Gasteiger partial charge in [0.1, 0.15) is 41.2 Å². The molecule has 1 aliphatic carbocycles. The Balaban J connectivity index is 1.59. The third kappa shape index (κ3) is 6.94. The van der Waals surface area contributed by atoms with Gasteiger partial charge in [0.25, 0.3) is 0 Å². The molecule has 0 radical (unpaired) electrons. The van der Waals surface area contributed by atoms with Crippen molar-refractivity contribution < 1.29 is 35.9 Å². The van der Waals surface area contributed by atoms with E-state index in [9.17, 15) is 26.4 Å². The molecule has 1 aromatic carbocycles. The summed E-state index contributed by atoms with van der Waals surface area (Å²) in [5.74, 6) is -4.11. The Morgan fingerprint density at radius 2 is 1.78 bits per heavy atom. The number of aromatic nitrogens is 2. The van der Waals surface area contributed by atoms with Gasteiger partial charge in [-0.25, -0.2) is 26.6 Å². The lowest BCUT2D eigenvalue weighted by Gasteiger charge is -2.38. The summed E-state index contributed by atoms with van der Waals surface area (Å²) in [4.78, 5) is 21.4. The fourth-order valence-electron chi connectivity index (χ4n) is 5.68. The van der Waals surface area contributed by atoms with Crippen molar-refractivity contribution in [3.05, 3.63) is 77.0 Å². The molecule has 2 aromatic heterocycles. The zero-order valence-electron chi connectivity index (χ0n) is 22.9. The first-order chi connectivity index (χ1) is 19.4. The molecule has 41 heavy (non-hydrogen) atoms. The second-order valence-corrected chi connectivity index (χ2v) is 12.6. The molecule has 0 amide bonds. The van der Waals surface area contributed by atoms with Gasteiger partial charge in [-0.2, -0.15) is 0 Å². The summed E-state index contributed by atoms with van der Waals surface area (Å²) in [7, 11) is -1.88. The Hall–Kier alpha value is -3.35. The Labute approximate surface area is 237 Å². The molecule has 0 unspecified atom stereocenters. The maximum Gasteiger partial charge on any atom is 0.185 e. The molecule has 4 rings (SSSR count). The highest BCUT2D eigenvalue weighted by molar-refractivity contribution is 7.91. The number of halogens is 3. The number of nitrogens with two attached hydrogens (primary N) is 1. The van der Waals surface area contributed by atoms with Crippen LogP contribution in [-0.2, 0) is 21.0 Å². The summed E-state index contributed by atoms with van der Waals surface area (Å²) in [6.07, 6.45) is 5.13. The van der Waals surface area contributed by atoms with Gasteiger partial charge in [-0.1, -0.05) is 6.92 Å². The van der Waals surface area contributed by atoms with Crippen LogP contribution in [0.15, 0.2) is 42.7 Å². The molecule has 12 heteroatoms. The van der Waals surface area contributed by atoms with Gasteiger partial charge in [0.2, 0.25) is 0 Å². The van der Waals surface area contributed by atoms with Crippen LogP contribution in [0.1, 0.15) is 47.3 Å². The van der Waals surface area contributed by atoms with Crippen LogP contribution in [0.3, 0.4) is 0 Å². The number of hydrogen-bond acceptors (Lipinski definition) is 8. The van der Waals surface area contributed by atoms with E-state index in [2.05, 4.69) is 9.97 Å². The molecular weight excluding hydrogens is 559 g/mol. The van der Waals surface area contributed by atoms with Crippen molar-refractivity contribution in [1.82, 2.24) is 9.97 Å². The lowest BCUT2D eigenvalue weighted by Crippen LogP contribution is -2.48.